The van der Waals surface area contributed by atoms with E-state index in [0.29, 0.717) is 19.4 Å². The summed E-state index contributed by atoms with van der Waals surface area (Å²) in [7, 11) is 0. The van der Waals surface area contributed by atoms with E-state index in [1.165, 1.54) is 12.5 Å². The molecule has 0 bridgehead atoms. The highest BCUT2D eigenvalue weighted by molar-refractivity contribution is 5.97. The van der Waals surface area contributed by atoms with Crippen molar-refractivity contribution >= 4 is 23.7 Å². The lowest BCUT2D eigenvalue weighted by atomic mass is 9.96. The molecule has 1 spiro atoms. The molecule has 1 saturated carbocycles. The standard InChI is InChI=1S/C18H26N4O5/c1-2-3-4-12(9-14(23)21-26)16(25)22-11-18(5-6-18)10-13(22)15(24)20-17-19-7-8-27-17/h7-8,12-13,26H,2-6,9-11H2,1H3,(H,21,23)(H,19,20,24)/t12-,13+/m1/s1. The Hall–Kier alpha value is -2.42. The number of amides is 3. The summed E-state index contributed by atoms with van der Waals surface area (Å²) in [6.45, 7) is 2.54. The van der Waals surface area contributed by atoms with E-state index in [0.717, 1.165) is 25.7 Å². The van der Waals surface area contributed by atoms with Gasteiger partial charge in [0.05, 0.1) is 6.20 Å². The van der Waals surface area contributed by atoms with Crippen molar-refractivity contribution in [2.24, 2.45) is 11.3 Å². The van der Waals surface area contributed by atoms with Gasteiger partial charge in [0, 0.05) is 18.9 Å². The molecule has 3 amide bonds. The van der Waals surface area contributed by atoms with Crippen molar-refractivity contribution in [3.8, 4) is 0 Å². The number of carbonyl (C=O) groups is 3. The van der Waals surface area contributed by atoms with Gasteiger partial charge in [0.25, 0.3) is 5.91 Å². The van der Waals surface area contributed by atoms with Crippen molar-refractivity contribution < 1.29 is 24.0 Å². The van der Waals surface area contributed by atoms with Crippen LogP contribution in [0.3, 0.4) is 0 Å². The maximum atomic E-state index is 13.2. The Kier molecular flexibility index (Phi) is 5.79. The zero-order valence-corrected chi connectivity index (χ0v) is 15.4. The molecule has 2 heterocycles. The Labute approximate surface area is 157 Å². The molecular formula is C18H26N4O5. The van der Waals surface area contributed by atoms with Crippen molar-refractivity contribution in [3.05, 3.63) is 12.5 Å². The van der Waals surface area contributed by atoms with E-state index in [2.05, 4.69) is 10.3 Å². The van der Waals surface area contributed by atoms with E-state index in [4.69, 9.17) is 9.62 Å². The molecule has 1 saturated heterocycles. The molecule has 3 rings (SSSR count). The zero-order valence-electron chi connectivity index (χ0n) is 15.4. The maximum Gasteiger partial charge on any atom is 0.301 e. The van der Waals surface area contributed by atoms with Crippen LogP contribution in [-0.4, -0.2) is 45.4 Å². The summed E-state index contributed by atoms with van der Waals surface area (Å²) in [6, 6.07) is -0.500. The topological polar surface area (TPSA) is 125 Å². The van der Waals surface area contributed by atoms with Crippen LogP contribution in [0.5, 0.6) is 0 Å². The number of carbonyl (C=O) groups excluding carboxylic acids is 3. The number of nitrogens with zero attached hydrogens (tertiary/aromatic N) is 2. The van der Waals surface area contributed by atoms with E-state index in [1.807, 2.05) is 6.92 Å². The molecule has 3 N–H and O–H groups in total. The first-order chi connectivity index (χ1) is 13.0. The minimum absolute atomic E-state index is 0.0167. The largest absolute Gasteiger partial charge is 0.432 e. The second-order valence-corrected chi connectivity index (χ2v) is 7.59. The van der Waals surface area contributed by atoms with Gasteiger partial charge >= 0.3 is 6.01 Å². The summed E-state index contributed by atoms with van der Waals surface area (Å²) in [5, 5.41) is 11.4. The number of anilines is 1. The Morgan fingerprint density at radius 1 is 1.44 bits per heavy atom. The number of unbranched alkanes of at least 4 members (excludes halogenated alkanes) is 1. The van der Waals surface area contributed by atoms with Crippen LogP contribution < -0.4 is 10.8 Å². The fourth-order valence-corrected chi connectivity index (χ4v) is 3.80. The van der Waals surface area contributed by atoms with E-state index in [1.54, 1.807) is 10.4 Å². The lowest BCUT2D eigenvalue weighted by Crippen LogP contribution is -2.46. The highest BCUT2D eigenvalue weighted by atomic mass is 16.5. The molecule has 148 valence electrons. The smallest absolute Gasteiger partial charge is 0.301 e. The summed E-state index contributed by atoms with van der Waals surface area (Å²) >= 11 is 0. The maximum absolute atomic E-state index is 13.2. The Morgan fingerprint density at radius 2 is 2.22 bits per heavy atom. The Balaban J connectivity index is 1.74. The minimum atomic E-state index is -0.604. The zero-order chi connectivity index (χ0) is 19.4. The number of hydroxylamine groups is 1. The first-order valence-corrected chi connectivity index (χ1v) is 9.42. The first kappa shape index (κ1) is 19.3. The monoisotopic (exact) mass is 378 g/mol. The molecular weight excluding hydrogens is 352 g/mol. The average Bonchev–Trinajstić information content (AvgIpc) is 3.05. The molecule has 1 aliphatic heterocycles. The second-order valence-electron chi connectivity index (χ2n) is 7.59. The van der Waals surface area contributed by atoms with Gasteiger partial charge in [-0.15, -0.1) is 0 Å². The van der Waals surface area contributed by atoms with Gasteiger partial charge in [-0.2, -0.15) is 0 Å². The van der Waals surface area contributed by atoms with Crippen LogP contribution in [-0.2, 0) is 14.4 Å². The molecule has 9 nitrogen and oxygen atoms in total. The normalized spacial score (nSPS) is 21.1. The number of oxazole rings is 1. The third-order valence-electron chi connectivity index (χ3n) is 5.53. The molecule has 1 aliphatic carbocycles. The van der Waals surface area contributed by atoms with Crippen molar-refractivity contribution in [2.45, 2.75) is 57.9 Å². The van der Waals surface area contributed by atoms with Crippen LogP contribution in [0.4, 0.5) is 6.01 Å². The lowest BCUT2D eigenvalue weighted by Gasteiger charge is -2.27. The van der Waals surface area contributed by atoms with Gasteiger partial charge in [0.15, 0.2) is 0 Å². The molecule has 2 aliphatic rings. The SMILES string of the molecule is CCCC[C@H](CC(=O)NO)C(=O)N1CC2(CC2)C[C@H]1C(=O)Nc1ncco1. The molecule has 9 heteroatoms. The number of aromatic nitrogens is 1. The van der Waals surface area contributed by atoms with Gasteiger partial charge in [0.1, 0.15) is 12.3 Å². The van der Waals surface area contributed by atoms with Crippen LogP contribution in [0.1, 0.15) is 51.9 Å². The van der Waals surface area contributed by atoms with Crippen molar-refractivity contribution in [1.82, 2.24) is 15.4 Å². The van der Waals surface area contributed by atoms with Gasteiger partial charge < -0.3 is 9.32 Å². The average molecular weight is 378 g/mol. The van der Waals surface area contributed by atoms with Gasteiger partial charge in [-0.3, -0.25) is 24.9 Å². The molecule has 0 unspecified atom stereocenters. The van der Waals surface area contributed by atoms with E-state index < -0.39 is 17.9 Å². The molecule has 2 atom stereocenters. The van der Waals surface area contributed by atoms with Gasteiger partial charge in [-0.05, 0) is 31.1 Å². The fourth-order valence-electron chi connectivity index (χ4n) is 3.80. The van der Waals surface area contributed by atoms with E-state index >= 15 is 0 Å². The Morgan fingerprint density at radius 3 is 2.81 bits per heavy atom. The van der Waals surface area contributed by atoms with E-state index in [-0.39, 0.29) is 29.7 Å². The van der Waals surface area contributed by atoms with Crippen molar-refractivity contribution in [3.63, 3.8) is 0 Å². The van der Waals surface area contributed by atoms with Gasteiger partial charge in [-0.25, -0.2) is 10.5 Å². The number of likely N-dealkylation sites (tertiary alicyclic amines) is 1. The summed E-state index contributed by atoms with van der Waals surface area (Å²) < 4.78 is 5.07. The third kappa shape index (κ3) is 4.47. The summed E-state index contributed by atoms with van der Waals surface area (Å²) in [4.78, 5) is 43.1. The van der Waals surface area contributed by atoms with Crippen LogP contribution >= 0.6 is 0 Å². The summed E-state index contributed by atoms with van der Waals surface area (Å²) in [5.41, 5.74) is 1.62. The van der Waals surface area contributed by atoms with E-state index in [9.17, 15) is 14.4 Å². The fraction of sp³-hybridized carbons (Fsp3) is 0.667. The predicted octanol–water partition coefficient (Wildman–Crippen LogP) is 1.70. The molecule has 0 radical (unpaired) electrons. The van der Waals surface area contributed by atoms with Gasteiger partial charge in [0.2, 0.25) is 11.8 Å². The quantitative estimate of drug-likeness (QED) is 0.467. The molecule has 1 aromatic rings. The van der Waals surface area contributed by atoms with Crippen molar-refractivity contribution in [1.29, 1.82) is 0 Å². The molecule has 0 aromatic carbocycles. The van der Waals surface area contributed by atoms with Crippen molar-refractivity contribution in [2.75, 3.05) is 11.9 Å². The second kappa shape index (κ2) is 8.08. The Bertz CT molecular complexity index is 686. The molecule has 2 fully saturated rings. The number of nitrogens with one attached hydrogen (secondary N) is 2. The summed E-state index contributed by atoms with van der Waals surface area (Å²) in [5.74, 6) is -1.67. The highest BCUT2D eigenvalue weighted by Gasteiger charge is 2.55. The number of rotatable bonds is 8. The highest BCUT2D eigenvalue weighted by Crippen LogP contribution is 2.55. The molecule has 1 aromatic heterocycles. The first-order valence-electron chi connectivity index (χ1n) is 9.42. The minimum Gasteiger partial charge on any atom is -0.432 e. The molecule has 27 heavy (non-hydrogen) atoms. The van der Waals surface area contributed by atoms with Crippen LogP contribution in [0.2, 0.25) is 0 Å². The lowest BCUT2D eigenvalue weighted by molar-refractivity contribution is -0.143. The van der Waals surface area contributed by atoms with Crippen LogP contribution in [0, 0.1) is 11.3 Å². The third-order valence-corrected chi connectivity index (χ3v) is 5.53. The predicted molar refractivity (Wildman–Crippen MR) is 94.5 cm³/mol. The van der Waals surface area contributed by atoms with Crippen LogP contribution in [0.15, 0.2) is 16.9 Å². The van der Waals surface area contributed by atoms with Gasteiger partial charge in [-0.1, -0.05) is 19.8 Å². The summed E-state index contributed by atoms with van der Waals surface area (Å²) in [6.07, 6.45) is 7.54. The number of hydrogen-bond acceptors (Lipinski definition) is 6. The van der Waals surface area contributed by atoms with Crippen LogP contribution in [0.25, 0.3) is 0 Å². The number of hydrogen-bond donors (Lipinski definition) is 3.